The van der Waals surface area contributed by atoms with E-state index >= 15 is 0 Å². The van der Waals surface area contributed by atoms with Gasteiger partial charge in [-0.3, -0.25) is 0 Å². The summed E-state index contributed by atoms with van der Waals surface area (Å²) >= 11 is 0. The lowest BCUT2D eigenvalue weighted by molar-refractivity contribution is 0.0696. The molecule has 1 heterocycles. The molecule has 4 nitrogen and oxygen atoms in total. The molecule has 1 aromatic rings. The third kappa shape index (κ3) is 6.22. The average molecular weight is 265 g/mol. The maximum absolute atomic E-state index is 10.9. The maximum atomic E-state index is 10.9. The minimum absolute atomic E-state index is 0.227. The highest BCUT2D eigenvalue weighted by Gasteiger charge is 2.07. The molecule has 0 radical (unpaired) electrons. The van der Waals surface area contributed by atoms with Gasteiger partial charge in [0, 0.05) is 11.8 Å². The van der Waals surface area contributed by atoms with Crippen molar-refractivity contribution in [3.63, 3.8) is 0 Å². The lowest BCUT2D eigenvalue weighted by Gasteiger charge is -2.07. The summed E-state index contributed by atoms with van der Waals surface area (Å²) in [5.74, 6) is -0.541. The second kappa shape index (κ2) is 8.51. The van der Waals surface area contributed by atoms with E-state index in [1.807, 2.05) is 0 Å². The average Bonchev–Trinajstić information content (AvgIpc) is 2.37. The zero-order valence-corrected chi connectivity index (χ0v) is 11.8. The van der Waals surface area contributed by atoms with E-state index in [4.69, 9.17) is 9.84 Å². The van der Waals surface area contributed by atoms with Crippen molar-refractivity contribution in [3.05, 3.63) is 23.4 Å². The molecule has 0 fully saturated rings. The van der Waals surface area contributed by atoms with Gasteiger partial charge in [-0.05, 0) is 19.4 Å². The van der Waals surface area contributed by atoms with Crippen LogP contribution in [0.3, 0.4) is 0 Å². The van der Waals surface area contributed by atoms with E-state index in [0.29, 0.717) is 18.2 Å². The van der Waals surface area contributed by atoms with Crippen LogP contribution in [-0.4, -0.2) is 22.7 Å². The molecule has 1 rings (SSSR count). The number of unbranched alkanes of at least 4 members (excludes halogenated alkanes) is 5. The monoisotopic (exact) mass is 265 g/mol. The second-order valence-electron chi connectivity index (χ2n) is 4.76. The summed E-state index contributed by atoms with van der Waals surface area (Å²) in [6, 6.07) is 3.02. The summed E-state index contributed by atoms with van der Waals surface area (Å²) in [5.41, 5.74) is 0.892. The van der Waals surface area contributed by atoms with E-state index in [1.165, 1.54) is 31.7 Å². The van der Waals surface area contributed by atoms with E-state index in [1.54, 1.807) is 13.0 Å². The molecule has 0 saturated heterocycles. The van der Waals surface area contributed by atoms with Crippen LogP contribution < -0.4 is 4.74 Å². The van der Waals surface area contributed by atoms with Crippen molar-refractivity contribution in [2.45, 2.75) is 52.4 Å². The van der Waals surface area contributed by atoms with E-state index in [0.717, 1.165) is 12.8 Å². The van der Waals surface area contributed by atoms with Crippen LogP contribution in [-0.2, 0) is 0 Å². The van der Waals surface area contributed by atoms with E-state index in [-0.39, 0.29) is 5.56 Å². The summed E-state index contributed by atoms with van der Waals surface area (Å²) in [5, 5.41) is 8.94. The Morgan fingerprint density at radius 1 is 1.21 bits per heavy atom. The fraction of sp³-hybridized carbons (Fsp3) is 0.600. The molecule has 0 aliphatic rings. The number of pyridine rings is 1. The largest absolute Gasteiger partial charge is 0.478 e. The Labute approximate surface area is 114 Å². The van der Waals surface area contributed by atoms with Gasteiger partial charge in [0.1, 0.15) is 0 Å². The summed E-state index contributed by atoms with van der Waals surface area (Å²) in [6.45, 7) is 4.57. The molecular formula is C15H23NO3. The van der Waals surface area contributed by atoms with Crippen molar-refractivity contribution in [1.82, 2.24) is 4.98 Å². The van der Waals surface area contributed by atoms with Gasteiger partial charge in [-0.25, -0.2) is 9.78 Å². The van der Waals surface area contributed by atoms with Crippen LogP contribution in [0, 0.1) is 6.92 Å². The summed E-state index contributed by atoms with van der Waals surface area (Å²) in [7, 11) is 0. The number of hydrogen-bond acceptors (Lipinski definition) is 3. The Balaban J connectivity index is 2.31. The fourth-order valence-electron chi connectivity index (χ4n) is 1.89. The van der Waals surface area contributed by atoms with Crippen molar-refractivity contribution in [2.75, 3.05) is 6.61 Å². The van der Waals surface area contributed by atoms with E-state index in [9.17, 15) is 4.79 Å². The van der Waals surface area contributed by atoms with E-state index in [2.05, 4.69) is 11.9 Å². The number of carboxylic acids is 1. The third-order valence-electron chi connectivity index (χ3n) is 2.92. The van der Waals surface area contributed by atoms with Crippen LogP contribution in [0.25, 0.3) is 0 Å². The first-order valence-corrected chi connectivity index (χ1v) is 6.98. The zero-order valence-electron chi connectivity index (χ0n) is 11.8. The Bertz CT molecular complexity index is 404. The van der Waals surface area contributed by atoms with Gasteiger partial charge in [-0.1, -0.05) is 39.0 Å². The number of aromatic carboxylic acids is 1. The zero-order chi connectivity index (χ0) is 14.1. The van der Waals surface area contributed by atoms with Crippen LogP contribution >= 0.6 is 0 Å². The Hall–Kier alpha value is -1.58. The van der Waals surface area contributed by atoms with Crippen molar-refractivity contribution >= 4 is 5.97 Å². The smallest absolute Gasteiger partial charge is 0.335 e. The summed E-state index contributed by atoms with van der Waals surface area (Å²) in [4.78, 5) is 15.1. The van der Waals surface area contributed by atoms with Gasteiger partial charge in [-0.2, -0.15) is 0 Å². The van der Waals surface area contributed by atoms with Crippen LogP contribution in [0.5, 0.6) is 5.88 Å². The third-order valence-corrected chi connectivity index (χ3v) is 2.92. The van der Waals surface area contributed by atoms with E-state index < -0.39 is 5.97 Å². The Morgan fingerprint density at radius 3 is 2.58 bits per heavy atom. The van der Waals surface area contributed by atoms with Gasteiger partial charge in [-0.15, -0.1) is 0 Å². The topological polar surface area (TPSA) is 59.4 Å². The summed E-state index contributed by atoms with van der Waals surface area (Å²) < 4.78 is 5.51. The molecule has 19 heavy (non-hydrogen) atoms. The molecule has 0 aromatic carbocycles. The number of nitrogens with zero attached hydrogens (tertiary/aromatic N) is 1. The molecule has 0 aliphatic heterocycles. The highest BCUT2D eigenvalue weighted by molar-refractivity contribution is 5.87. The molecule has 0 atom stereocenters. The number of carboxylic acid groups (broad SMARTS) is 1. The fourth-order valence-corrected chi connectivity index (χ4v) is 1.89. The van der Waals surface area contributed by atoms with Crippen molar-refractivity contribution in [2.24, 2.45) is 0 Å². The van der Waals surface area contributed by atoms with Gasteiger partial charge >= 0.3 is 5.97 Å². The normalized spacial score (nSPS) is 10.4. The van der Waals surface area contributed by atoms with Gasteiger partial charge < -0.3 is 9.84 Å². The molecule has 106 valence electrons. The SMILES string of the molecule is CCCCCCCCOc1cc(C(=O)O)cc(C)n1. The predicted molar refractivity (Wildman–Crippen MR) is 74.8 cm³/mol. The highest BCUT2D eigenvalue weighted by Crippen LogP contribution is 2.13. The highest BCUT2D eigenvalue weighted by atomic mass is 16.5. The Kier molecular flexibility index (Phi) is 6.93. The molecule has 0 saturated carbocycles. The minimum Gasteiger partial charge on any atom is -0.478 e. The molecule has 4 heteroatoms. The lowest BCUT2D eigenvalue weighted by atomic mass is 10.1. The molecule has 1 N–H and O–H groups in total. The first kappa shape index (κ1) is 15.5. The summed E-state index contributed by atoms with van der Waals surface area (Å²) in [6.07, 6.45) is 7.20. The number of hydrogen-bond donors (Lipinski definition) is 1. The van der Waals surface area contributed by atoms with Crippen molar-refractivity contribution < 1.29 is 14.6 Å². The quantitative estimate of drug-likeness (QED) is 0.689. The first-order chi connectivity index (χ1) is 9.13. The van der Waals surface area contributed by atoms with Gasteiger partial charge in [0.15, 0.2) is 0 Å². The first-order valence-electron chi connectivity index (χ1n) is 6.98. The van der Waals surface area contributed by atoms with Crippen molar-refractivity contribution in [1.29, 1.82) is 0 Å². The van der Waals surface area contributed by atoms with Gasteiger partial charge in [0.2, 0.25) is 5.88 Å². The number of carbonyl (C=O) groups is 1. The van der Waals surface area contributed by atoms with Crippen LogP contribution in [0.2, 0.25) is 0 Å². The number of ether oxygens (including phenoxy) is 1. The Morgan fingerprint density at radius 2 is 1.89 bits per heavy atom. The predicted octanol–water partition coefficient (Wildman–Crippen LogP) is 3.83. The van der Waals surface area contributed by atoms with Gasteiger partial charge in [0.25, 0.3) is 0 Å². The molecule has 0 aliphatic carbocycles. The molecule has 0 unspecified atom stereocenters. The lowest BCUT2D eigenvalue weighted by Crippen LogP contribution is -2.03. The number of aryl methyl sites for hydroxylation is 1. The molecule has 0 spiro atoms. The molecule has 0 amide bonds. The van der Waals surface area contributed by atoms with Crippen LogP contribution in [0.4, 0.5) is 0 Å². The minimum atomic E-state index is -0.949. The van der Waals surface area contributed by atoms with Crippen LogP contribution in [0.15, 0.2) is 12.1 Å². The maximum Gasteiger partial charge on any atom is 0.335 e. The number of aromatic nitrogens is 1. The van der Waals surface area contributed by atoms with Gasteiger partial charge in [0.05, 0.1) is 12.2 Å². The molecule has 0 bridgehead atoms. The standard InChI is InChI=1S/C15H23NO3/c1-3-4-5-6-7-8-9-19-14-11-13(15(17)18)10-12(2)16-14/h10-11H,3-9H2,1-2H3,(H,17,18). The number of rotatable bonds is 9. The molecular weight excluding hydrogens is 242 g/mol. The molecule has 1 aromatic heterocycles. The van der Waals surface area contributed by atoms with Crippen LogP contribution in [0.1, 0.15) is 61.5 Å². The second-order valence-corrected chi connectivity index (χ2v) is 4.76. The van der Waals surface area contributed by atoms with Crippen molar-refractivity contribution in [3.8, 4) is 5.88 Å².